The molecule has 0 amide bonds. The number of rotatable bonds is 4. The number of aryl methyl sites for hydroxylation is 1. The lowest BCUT2D eigenvalue weighted by atomic mass is 10.3. The number of hydrogen-bond donors (Lipinski definition) is 0. The molecule has 0 fully saturated rings. The van der Waals surface area contributed by atoms with Crippen LogP contribution in [0.15, 0.2) is 27.5 Å². The van der Waals surface area contributed by atoms with Crippen LogP contribution in [0.4, 0.5) is 8.78 Å². The van der Waals surface area contributed by atoms with Crippen LogP contribution in [0.5, 0.6) is 0 Å². The molecule has 0 N–H and O–H groups in total. The Morgan fingerprint density at radius 1 is 1.18 bits per heavy atom. The van der Waals surface area contributed by atoms with Gasteiger partial charge in [-0.15, -0.1) is 22.0 Å². The van der Waals surface area contributed by atoms with E-state index in [0.29, 0.717) is 28.9 Å². The lowest BCUT2D eigenvalue weighted by Gasteiger charge is -1.99. The van der Waals surface area contributed by atoms with Crippen molar-refractivity contribution in [3.05, 3.63) is 41.6 Å². The minimum absolute atomic E-state index is 0.443. The third-order valence-corrected chi connectivity index (χ3v) is 3.04. The monoisotopic (exact) mass is 256 g/mol. The molecule has 1 aromatic carbocycles. The number of hydrogen-bond acceptors (Lipinski definition) is 4. The van der Waals surface area contributed by atoms with Crippen LogP contribution in [0.1, 0.15) is 18.7 Å². The van der Waals surface area contributed by atoms with E-state index >= 15 is 0 Å². The second kappa shape index (κ2) is 5.27. The van der Waals surface area contributed by atoms with Crippen molar-refractivity contribution in [1.82, 2.24) is 10.2 Å². The molecule has 0 saturated heterocycles. The van der Waals surface area contributed by atoms with Crippen molar-refractivity contribution in [2.24, 2.45) is 0 Å². The summed E-state index contributed by atoms with van der Waals surface area (Å²) in [6.45, 7) is 1.92. The number of nitrogens with zero attached hydrogens (tertiary/aromatic N) is 2. The van der Waals surface area contributed by atoms with Crippen molar-refractivity contribution in [3.63, 3.8) is 0 Å². The fourth-order valence-corrected chi connectivity index (χ4v) is 1.96. The second-order valence-electron chi connectivity index (χ2n) is 3.31. The molecular formula is C11H10F2N2OS. The van der Waals surface area contributed by atoms with E-state index in [1.165, 1.54) is 17.8 Å². The second-order valence-corrected chi connectivity index (χ2v) is 4.36. The smallest absolute Gasteiger partial charge is 0.226 e. The Hall–Kier alpha value is -1.43. The van der Waals surface area contributed by atoms with Gasteiger partial charge in [-0.25, -0.2) is 8.78 Å². The molecule has 2 rings (SSSR count). The van der Waals surface area contributed by atoms with Crippen LogP contribution in [0.2, 0.25) is 0 Å². The number of aromatic nitrogens is 2. The third-order valence-electron chi connectivity index (χ3n) is 2.06. The topological polar surface area (TPSA) is 38.9 Å². The molecule has 0 bridgehead atoms. The Bertz CT molecular complexity index is 516. The van der Waals surface area contributed by atoms with E-state index in [2.05, 4.69) is 10.2 Å². The highest BCUT2D eigenvalue weighted by atomic mass is 32.2. The van der Waals surface area contributed by atoms with E-state index in [1.807, 2.05) is 6.92 Å². The average Bonchev–Trinajstić information content (AvgIpc) is 2.79. The zero-order valence-corrected chi connectivity index (χ0v) is 9.93. The van der Waals surface area contributed by atoms with Crippen LogP contribution in [0.3, 0.4) is 0 Å². The molecule has 0 aliphatic rings. The lowest BCUT2D eigenvalue weighted by molar-refractivity contribution is 0.470. The van der Waals surface area contributed by atoms with Crippen LogP contribution in [0, 0.1) is 11.6 Å². The Labute approximate surface area is 101 Å². The summed E-state index contributed by atoms with van der Waals surface area (Å²) in [7, 11) is 0. The Morgan fingerprint density at radius 3 is 2.59 bits per heavy atom. The van der Waals surface area contributed by atoms with Gasteiger partial charge in [0.25, 0.3) is 0 Å². The fraction of sp³-hybridized carbons (Fsp3) is 0.273. The summed E-state index contributed by atoms with van der Waals surface area (Å²) >= 11 is 1.32. The summed E-state index contributed by atoms with van der Waals surface area (Å²) in [5.41, 5.74) is 0. The van der Waals surface area contributed by atoms with E-state index in [0.717, 1.165) is 12.1 Å². The quantitative estimate of drug-likeness (QED) is 0.787. The van der Waals surface area contributed by atoms with Crippen molar-refractivity contribution < 1.29 is 13.2 Å². The highest BCUT2D eigenvalue weighted by Gasteiger charge is 2.07. The van der Waals surface area contributed by atoms with Crippen LogP contribution in [-0.2, 0) is 12.2 Å². The highest BCUT2D eigenvalue weighted by molar-refractivity contribution is 7.98. The average molecular weight is 256 g/mol. The molecule has 0 unspecified atom stereocenters. The zero-order chi connectivity index (χ0) is 12.3. The standard InChI is InChI=1S/C11H10F2N2OS/c1-2-10-14-15-11(16-10)6-17-7-3-4-8(12)9(13)5-7/h3-5H,2,6H2,1H3. The molecule has 90 valence electrons. The Morgan fingerprint density at radius 2 is 1.94 bits per heavy atom. The largest absolute Gasteiger partial charge is 0.424 e. The maximum Gasteiger partial charge on any atom is 0.226 e. The first-order valence-electron chi connectivity index (χ1n) is 5.08. The predicted molar refractivity (Wildman–Crippen MR) is 59.6 cm³/mol. The molecule has 0 spiro atoms. The summed E-state index contributed by atoms with van der Waals surface area (Å²) < 4.78 is 30.9. The van der Waals surface area contributed by atoms with Gasteiger partial charge in [0.15, 0.2) is 11.6 Å². The molecule has 17 heavy (non-hydrogen) atoms. The predicted octanol–water partition coefficient (Wildman–Crippen LogP) is 3.20. The number of halogens is 2. The van der Waals surface area contributed by atoms with Crippen molar-refractivity contribution >= 4 is 11.8 Å². The molecule has 0 atom stereocenters. The van der Waals surface area contributed by atoms with E-state index < -0.39 is 11.6 Å². The van der Waals surface area contributed by atoms with E-state index in [4.69, 9.17) is 4.42 Å². The Balaban J connectivity index is 1.99. The van der Waals surface area contributed by atoms with Gasteiger partial charge in [-0.1, -0.05) is 6.92 Å². The van der Waals surface area contributed by atoms with Crippen LogP contribution in [-0.4, -0.2) is 10.2 Å². The molecule has 6 heteroatoms. The molecule has 0 saturated carbocycles. The van der Waals surface area contributed by atoms with Gasteiger partial charge in [0.2, 0.25) is 11.8 Å². The SMILES string of the molecule is CCc1nnc(CSc2ccc(F)c(F)c2)o1. The maximum absolute atomic E-state index is 12.9. The minimum Gasteiger partial charge on any atom is -0.424 e. The molecular weight excluding hydrogens is 246 g/mol. The Kier molecular flexibility index (Phi) is 3.73. The normalized spacial score (nSPS) is 10.8. The molecule has 2 aromatic rings. The van der Waals surface area contributed by atoms with E-state index in [9.17, 15) is 8.78 Å². The summed E-state index contributed by atoms with van der Waals surface area (Å²) in [6.07, 6.45) is 0.683. The first kappa shape index (κ1) is 12.0. The molecule has 0 aliphatic heterocycles. The van der Waals surface area contributed by atoms with E-state index in [-0.39, 0.29) is 0 Å². The van der Waals surface area contributed by atoms with Crippen LogP contribution in [0.25, 0.3) is 0 Å². The summed E-state index contributed by atoms with van der Waals surface area (Å²) in [6, 6.07) is 3.76. The number of benzene rings is 1. The lowest BCUT2D eigenvalue weighted by Crippen LogP contribution is -1.85. The van der Waals surface area contributed by atoms with Gasteiger partial charge in [-0.05, 0) is 18.2 Å². The first-order chi connectivity index (χ1) is 8.19. The maximum atomic E-state index is 12.9. The molecule has 0 aliphatic carbocycles. The molecule has 3 nitrogen and oxygen atoms in total. The zero-order valence-electron chi connectivity index (χ0n) is 9.11. The summed E-state index contributed by atoms with van der Waals surface area (Å²) in [5, 5.41) is 7.65. The summed E-state index contributed by atoms with van der Waals surface area (Å²) in [5.74, 6) is -0.199. The van der Waals surface area contributed by atoms with E-state index in [1.54, 1.807) is 0 Å². The van der Waals surface area contributed by atoms with Crippen LogP contribution < -0.4 is 0 Å². The molecule has 1 aromatic heterocycles. The fourth-order valence-electron chi connectivity index (χ4n) is 1.20. The first-order valence-corrected chi connectivity index (χ1v) is 6.06. The van der Waals surface area contributed by atoms with Gasteiger partial charge in [0, 0.05) is 11.3 Å². The van der Waals surface area contributed by atoms with Crippen molar-refractivity contribution in [2.45, 2.75) is 24.0 Å². The summed E-state index contributed by atoms with van der Waals surface area (Å²) in [4.78, 5) is 0.625. The molecule has 1 heterocycles. The van der Waals surface area contributed by atoms with Gasteiger partial charge >= 0.3 is 0 Å². The number of thioether (sulfide) groups is 1. The third kappa shape index (κ3) is 3.03. The van der Waals surface area contributed by atoms with Gasteiger partial charge in [0.05, 0.1) is 5.75 Å². The highest BCUT2D eigenvalue weighted by Crippen LogP contribution is 2.23. The van der Waals surface area contributed by atoms with Gasteiger partial charge < -0.3 is 4.42 Å². The van der Waals surface area contributed by atoms with Crippen LogP contribution >= 0.6 is 11.8 Å². The van der Waals surface area contributed by atoms with Gasteiger partial charge in [0.1, 0.15) is 0 Å². The van der Waals surface area contributed by atoms with Gasteiger partial charge in [-0.2, -0.15) is 0 Å². The minimum atomic E-state index is -0.852. The molecule has 0 radical (unpaired) electrons. The van der Waals surface area contributed by atoms with Crippen molar-refractivity contribution in [3.8, 4) is 0 Å². The van der Waals surface area contributed by atoms with Crippen molar-refractivity contribution in [1.29, 1.82) is 0 Å². The van der Waals surface area contributed by atoms with Gasteiger partial charge in [-0.3, -0.25) is 0 Å². The van der Waals surface area contributed by atoms with Crippen molar-refractivity contribution in [2.75, 3.05) is 0 Å².